The third-order valence-electron chi connectivity index (χ3n) is 3.31. The van der Waals surface area contributed by atoms with Gasteiger partial charge in [0.25, 0.3) is 0 Å². The van der Waals surface area contributed by atoms with Crippen LogP contribution in [0.1, 0.15) is 5.56 Å². The monoisotopic (exact) mass is 286 g/mol. The normalized spacial score (nSPS) is 16.2. The summed E-state index contributed by atoms with van der Waals surface area (Å²) in [6, 6.07) is 5.76. The van der Waals surface area contributed by atoms with Gasteiger partial charge in [-0.15, -0.1) is 0 Å². The highest BCUT2D eigenvalue weighted by Crippen LogP contribution is 2.08. The van der Waals surface area contributed by atoms with Crippen molar-refractivity contribution in [2.24, 2.45) is 10.7 Å². The average Bonchev–Trinajstić information content (AvgIpc) is 3.08. The second-order valence-electron chi connectivity index (χ2n) is 4.75. The first-order valence-corrected chi connectivity index (χ1v) is 6.90. The second kappa shape index (κ2) is 6.36. The van der Waals surface area contributed by atoms with Gasteiger partial charge in [0.1, 0.15) is 0 Å². The van der Waals surface area contributed by atoms with Gasteiger partial charge in [0, 0.05) is 31.7 Å². The van der Waals surface area contributed by atoms with Gasteiger partial charge in [-0.1, -0.05) is 0 Å². The van der Waals surface area contributed by atoms with Crippen LogP contribution in [0, 0.1) is 0 Å². The molecule has 0 radical (unpaired) electrons. The fraction of sp³-hybridized carbons (Fsp3) is 0.357. The molecule has 0 aliphatic carbocycles. The first-order chi connectivity index (χ1) is 10.3. The van der Waals surface area contributed by atoms with Crippen LogP contribution in [0.25, 0.3) is 5.82 Å². The summed E-state index contributed by atoms with van der Waals surface area (Å²) in [6.07, 6.45) is 5.34. The topological polar surface area (TPSA) is 81.6 Å². The number of ether oxygens (including phenoxy) is 1. The van der Waals surface area contributed by atoms with Crippen molar-refractivity contribution < 1.29 is 4.74 Å². The Morgan fingerprint density at radius 3 is 2.95 bits per heavy atom. The lowest BCUT2D eigenvalue weighted by Crippen LogP contribution is -2.44. The molecule has 1 aliphatic rings. The lowest BCUT2D eigenvalue weighted by Gasteiger charge is -2.27. The van der Waals surface area contributed by atoms with Gasteiger partial charge in [-0.25, -0.2) is 14.7 Å². The first kappa shape index (κ1) is 13.6. The Labute approximate surface area is 123 Å². The van der Waals surface area contributed by atoms with Crippen molar-refractivity contribution in [3.63, 3.8) is 0 Å². The number of aliphatic imine (C=N–C) groups is 1. The van der Waals surface area contributed by atoms with Crippen molar-refractivity contribution in [3.8, 4) is 5.82 Å². The van der Waals surface area contributed by atoms with Crippen LogP contribution in [0.3, 0.4) is 0 Å². The van der Waals surface area contributed by atoms with Crippen LogP contribution in [0.2, 0.25) is 0 Å². The van der Waals surface area contributed by atoms with E-state index in [2.05, 4.69) is 15.1 Å². The van der Waals surface area contributed by atoms with Crippen molar-refractivity contribution >= 4 is 5.96 Å². The van der Waals surface area contributed by atoms with E-state index in [1.54, 1.807) is 17.1 Å². The zero-order valence-corrected chi connectivity index (χ0v) is 11.7. The number of guanidine groups is 1. The van der Waals surface area contributed by atoms with Gasteiger partial charge < -0.3 is 15.4 Å². The van der Waals surface area contributed by atoms with E-state index in [0.717, 1.165) is 24.5 Å². The highest BCUT2D eigenvalue weighted by molar-refractivity contribution is 5.78. The molecule has 3 heterocycles. The van der Waals surface area contributed by atoms with Gasteiger partial charge in [-0.3, -0.25) is 0 Å². The zero-order chi connectivity index (χ0) is 14.5. The van der Waals surface area contributed by atoms with Crippen LogP contribution in [0.4, 0.5) is 0 Å². The molecular formula is C14H18N6O. The van der Waals surface area contributed by atoms with Crippen LogP contribution >= 0.6 is 0 Å². The summed E-state index contributed by atoms with van der Waals surface area (Å²) in [5.74, 6) is 1.34. The molecule has 0 unspecified atom stereocenters. The van der Waals surface area contributed by atoms with E-state index in [-0.39, 0.29) is 0 Å². The Morgan fingerprint density at radius 1 is 1.33 bits per heavy atom. The number of hydrogen-bond acceptors (Lipinski definition) is 4. The molecule has 0 aromatic carbocycles. The Hall–Kier alpha value is -2.41. The molecular weight excluding hydrogens is 268 g/mol. The molecule has 2 aromatic rings. The predicted octanol–water partition coefficient (Wildman–Crippen LogP) is 0.414. The van der Waals surface area contributed by atoms with Gasteiger partial charge in [0.2, 0.25) is 0 Å². The standard InChI is InChI=1S/C14H18N6O/c15-14(19-6-8-21-9-7-19)17-11-12-2-4-16-13(10-12)20-5-1-3-18-20/h1-5,10H,6-9,11H2,(H2,15,17). The lowest BCUT2D eigenvalue weighted by molar-refractivity contribution is 0.0674. The Balaban J connectivity index is 1.68. The summed E-state index contributed by atoms with van der Waals surface area (Å²) >= 11 is 0. The summed E-state index contributed by atoms with van der Waals surface area (Å²) in [7, 11) is 0. The lowest BCUT2D eigenvalue weighted by atomic mass is 10.2. The fourth-order valence-electron chi connectivity index (χ4n) is 2.15. The number of morpholine rings is 1. The summed E-state index contributed by atoms with van der Waals surface area (Å²) in [6.45, 7) is 3.53. The molecule has 3 rings (SSSR count). The van der Waals surface area contributed by atoms with Gasteiger partial charge >= 0.3 is 0 Å². The van der Waals surface area contributed by atoms with Gasteiger partial charge in [0.15, 0.2) is 11.8 Å². The average molecular weight is 286 g/mol. The van der Waals surface area contributed by atoms with Crippen LogP contribution in [0.5, 0.6) is 0 Å². The zero-order valence-electron chi connectivity index (χ0n) is 11.7. The molecule has 2 N–H and O–H groups in total. The van der Waals surface area contributed by atoms with Crippen LogP contribution in [-0.4, -0.2) is 51.9 Å². The van der Waals surface area contributed by atoms with Gasteiger partial charge in [0.05, 0.1) is 19.8 Å². The van der Waals surface area contributed by atoms with Crippen LogP contribution < -0.4 is 5.73 Å². The van der Waals surface area contributed by atoms with E-state index < -0.39 is 0 Å². The number of aromatic nitrogens is 3. The third kappa shape index (κ3) is 3.38. The Morgan fingerprint density at radius 2 is 2.19 bits per heavy atom. The maximum atomic E-state index is 6.02. The maximum absolute atomic E-state index is 6.02. The largest absolute Gasteiger partial charge is 0.378 e. The summed E-state index contributed by atoms with van der Waals surface area (Å²) in [4.78, 5) is 10.8. The quantitative estimate of drug-likeness (QED) is 0.653. The van der Waals surface area contributed by atoms with Crippen molar-refractivity contribution in [3.05, 3.63) is 42.4 Å². The van der Waals surface area contributed by atoms with Gasteiger partial charge in [-0.05, 0) is 23.8 Å². The number of hydrogen-bond donors (Lipinski definition) is 1. The second-order valence-corrected chi connectivity index (χ2v) is 4.75. The van der Waals surface area contributed by atoms with Crippen molar-refractivity contribution in [1.82, 2.24) is 19.7 Å². The van der Waals surface area contributed by atoms with Crippen molar-refractivity contribution in [1.29, 1.82) is 0 Å². The van der Waals surface area contributed by atoms with E-state index in [4.69, 9.17) is 10.5 Å². The van der Waals surface area contributed by atoms with E-state index >= 15 is 0 Å². The minimum atomic E-state index is 0.528. The minimum absolute atomic E-state index is 0.528. The molecule has 0 amide bonds. The minimum Gasteiger partial charge on any atom is -0.378 e. The molecule has 1 fully saturated rings. The molecule has 7 heteroatoms. The Bertz CT molecular complexity index is 604. The molecule has 1 saturated heterocycles. The molecule has 0 bridgehead atoms. The van der Waals surface area contributed by atoms with E-state index in [1.165, 1.54) is 0 Å². The predicted molar refractivity (Wildman–Crippen MR) is 79.1 cm³/mol. The highest BCUT2D eigenvalue weighted by Gasteiger charge is 2.11. The van der Waals surface area contributed by atoms with Crippen LogP contribution in [-0.2, 0) is 11.3 Å². The number of nitrogens with zero attached hydrogens (tertiary/aromatic N) is 5. The van der Waals surface area contributed by atoms with E-state index in [1.807, 2.05) is 29.3 Å². The highest BCUT2D eigenvalue weighted by atomic mass is 16.5. The SMILES string of the molecule is NC(=NCc1ccnc(-n2cccn2)c1)N1CCOCC1. The number of pyridine rings is 1. The van der Waals surface area contributed by atoms with Crippen molar-refractivity contribution in [2.75, 3.05) is 26.3 Å². The molecule has 21 heavy (non-hydrogen) atoms. The molecule has 110 valence electrons. The molecule has 0 atom stereocenters. The molecule has 0 saturated carbocycles. The number of nitrogens with two attached hydrogens (primary N) is 1. The Kier molecular flexibility index (Phi) is 4.11. The summed E-state index contributed by atoms with van der Waals surface area (Å²) in [5.41, 5.74) is 7.06. The first-order valence-electron chi connectivity index (χ1n) is 6.90. The third-order valence-corrected chi connectivity index (χ3v) is 3.31. The molecule has 0 spiro atoms. The summed E-state index contributed by atoms with van der Waals surface area (Å²) in [5, 5.41) is 4.17. The number of rotatable bonds is 3. The summed E-state index contributed by atoms with van der Waals surface area (Å²) < 4.78 is 7.02. The molecule has 1 aliphatic heterocycles. The molecule has 2 aromatic heterocycles. The van der Waals surface area contributed by atoms with E-state index in [9.17, 15) is 0 Å². The molecule has 7 nitrogen and oxygen atoms in total. The smallest absolute Gasteiger partial charge is 0.191 e. The van der Waals surface area contributed by atoms with E-state index in [0.29, 0.717) is 25.7 Å². The maximum Gasteiger partial charge on any atom is 0.191 e. The van der Waals surface area contributed by atoms with Gasteiger partial charge in [-0.2, -0.15) is 5.10 Å². The van der Waals surface area contributed by atoms with Crippen molar-refractivity contribution in [2.45, 2.75) is 6.54 Å². The van der Waals surface area contributed by atoms with Crippen LogP contribution in [0.15, 0.2) is 41.8 Å². The fourth-order valence-corrected chi connectivity index (χ4v) is 2.15.